The highest BCUT2D eigenvalue weighted by Gasteiger charge is 2.32. The smallest absolute Gasteiger partial charge is 0.257 e. The Bertz CT molecular complexity index is 879. The number of hydrogen-bond donors (Lipinski definition) is 1. The van der Waals surface area contributed by atoms with Gasteiger partial charge in [-0.3, -0.25) is 14.5 Å². The zero-order valence-corrected chi connectivity index (χ0v) is 15.8. The lowest BCUT2D eigenvalue weighted by atomic mass is 9.89. The van der Waals surface area contributed by atoms with E-state index in [0.29, 0.717) is 35.3 Å². The van der Waals surface area contributed by atoms with Crippen molar-refractivity contribution in [2.24, 2.45) is 5.92 Å². The SMILES string of the molecule is C[C@H]1C[C@H](CC(=O)N2c3ccccc3NC(=O)c3ccccc32)CCN1C. The zero-order valence-electron chi connectivity index (χ0n) is 15.8. The molecule has 0 aromatic heterocycles. The first kappa shape index (κ1) is 17.7. The normalized spacial score (nSPS) is 22.4. The van der Waals surface area contributed by atoms with Gasteiger partial charge in [-0.25, -0.2) is 0 Å². The molecule has 0 radical (unpaired) electrons. The lowest BCUT2D eigenvalue weighted by molar-refractivity contribution is -0.119. The molecule has 2 aliphatic rings. The molecule has 2 aromatic rings. The first-order valence-electron chi connectivity index (χ1n) is 9.57. The number of amides is 2. The van der Waals surface area contributed by atoms with E-state index in [1.54, 1.807) is 11.0 Å². The maximum Gasteiger partial charge on any atom is 0.257 e. The molecule has 5 nitrogen and oxygen atoms in total. The number of carbonyl (C=O) groups is 2. The van der Waals surface area contributed by atoms with Crippen molar-refractivity contribution in [2.45, 2.75) is 32.2 Å². The Morgan fingerprint density at radius 2 is 1.81 bits per heavy atom. The molecule has 2 atom stereocenters. The van der Waals surface area contributed by atoms with Crippen LogP contribution in [-0.2, 0) is 4.79 Å². The minimum atomic E-state index is -0.179. The number of benzene rings is 2. The quantitative estimate of drug-likeness (QED) is 0.876. The molecule has 27 heavy (non-hydrogen) atoms. The number of fused-ring (bicyclic) bond motifs is 2. The minimum absolute atomic E-state index is 0.0492. The van der Waals surface area contributed by atoms with Gasteiger partial charge in [0.25, 0.3) is 5.91 Å². The number of nitrogens with zero attached hydrogens (tertiary/aromatic N) is 2. The number of anilines is 3. The second kappa shape index (κ2) is 7.16. The van der Waals surface area contributed by atoms with Crippen LogP contribution in [0.15, 0.2) is 48.5 Å². The monoisotopic (exact) mass is 363 g/mol. The summed E-state index contributed by atoms with van der Waals surface area (Å²) in [5.74, 6) is 0.240. The summed E-state index contributed by atoms with van der Waals surface area (Å²) >= 11 is 0. The van der Waals surface area contributed by atoms with Crippen LogP contribution >= 0.6 is 0 Å². The van der Waals surface area contributed by atoms with E-state index in [1.165, 1.54) is 0 Å². The topological polar surface area (TPSA) is 52.7 Å². The number of carbonyl (C=O) groups excluding carboxylic acids is 2. The van der Waals surface area contributed by atoms with Gasteiger partial charge < -0.3 is 10.2 Å². The van der Waals surface area contributed by atoms with Crippen molar-refractivity contribution in [3.63, 3.8) is 0 Å². The van der Waals surface area contributed by atoms with Gasteiger partial charge in [0.2, 0.25) is 5.91 Å². The molecular formula is C22H25N3O2. The van der Waals surface area contributed by atoms with E-state index in [4.69, 9.17) is 0 Å². The van der Waals surface area contributed by atoms with E-state index < -0.39 is 0 Å². The second-order valence-electron chi connectivity index (χ2n) is 7.64. The molecule has 0 bridgehead atoms. The van der Waals surface area contributed by atoms with Crippen molar-refractivity contribution in [1.29, 1.82) is 0 Å². The van der Waals surface area contributed by atoms with Crippen molar-refractivity contribution in [3.8, 4) is 0 Å². The van der Waals surface area contributed by atoms with Crippen LogP contribution in [0.4, 0.5) is 17.1 Å². The van der Waals surface area contributed by atoms with Crippen LogP contribution in [0.1, 0.15) is 36.5 Å². The van der Waals surface area contributed by atoms with Gasteiger partial charge in [-0.2, -0.15) is 0 Å². The fourth-order valence-electron chi connectivity index (χ4n) is 4.13. The maximum absolute atomic E-state index is 13.4. The number of piperidine rings is 1. The first-order chi connectivity index (χ1) is 13.0. The van der Waals surface area contributed by atoms with Gasteiger partial charge in [-0.05, 0) is 63.5 Å². The van der Waals surface area contributed by atoms with Crippen molar-refractivity contribution in [1.82, 2.24) is 4.90 Å². The summed E-state index contributed by atoms with van der Waals surface area (Å²) < 4.78 is 0. The molecule has 1 N–H and O–H groups in total. The number of nitrogens with one attached hydrogen (secondary N) is 1. The van der Waals surface area contributed by atoms with Gasteiger partial charge in [0.15, 0.2) is 0 Å². The van der Waals surface area contributed by atoms with Gasteiger partial charge in [0, 0.05) is 12.5 Å². The number of rotatable bonds is 2. The standard InChI is InChI=1S/C22H25N3O2/c1-15-13-16(11-12-24(15)2)14-21(26)25-19-9-5-3-7-17(19)22(27)23-18-8-4-6-10-20(18)25/h3-10,15-16H,11-14H2,1-2H3,(H,23,27)/t15-,16+/m0/s1. The van der Waals surface area contributed by atoms with Crippen molar-refractivity contribution in [2.75, 3.05) is 23.8 Å². The summed E-state index contributed by atoms with van der Waals surface area (Å²) in [5, 5.41) is 2.94. The molecule has 1 saturated heterocycles. The molecule has 0 unspecified atom stereocenters. The Morgan fingerprint density at radius 1 is 1.11 bits per heavy atom. The summed E-state index contributed by atoms with van der Waals surface area (Å²) in [6.45, 7) is 3.24. The van der Waals surface area contributed by atoms with Gasteiger partial charge in [-0.15, -0.1) is 0 Å². The Hall–Kier alpha value is -2.66. The van der Waals surface area contributed by atoms with E-state index in [-0.39, 0.29) is 11.8 Å². The Labute approximate surface area is 160 Å². The Morgan fingerprint density at radius 3 is 2.59 bits per heavy atom. The summed E-state index contributed by atoms with van der Waals surface area (Å²) in [6.07, 6.45) is 2.55. The fourth-order valence-corrected chi connectivity index (χ4v) is 4.13. The highest BCUT2D eigenvalue weighted by atomic mass is 16.2. The maximum atomic E-state index is 13.4. The molecule has 1 fully saturated rings. The van der Waals surface area contributed by atoms with Gasteiger partial charge in [-0.1, -0.05) is 24.3 Å². The molecule has 2 heterocycles. The summed E-state index contributed by atoms with van der Waals surface area (Å²) in [7, 11) is 2.14. The average molecular weight is 363 g/mol. The third kappa shape index (κ3) is 3.35. The number of para-hydroxylation sites is 3. The van der Waals surface area contributed by atoms with Crippen LogP contribution in [0.25, 0.3) is 0 Å². The van der Waals surface area contributed by atoms with Crippen LogP contribution in [0, 0.1) is 5.92 Å². The second-order valence-corrected chi connectivity index (χ2v) is 7.64. The lowest BCUT2D eigenvalue weighted by Gasteiger charge is -2.35. The van der Waals surface area contributed by atoms with Gasteiger partial charge in [0.05, 0.1) is 22.6 Å². The molecule has 140 valence electrons. The molecular weight excluding hydrogens is 338 g/mol. The predicted octanol–water partition coefficient (Wildman–Crippen LogP) is 4.04. The Kier molecular flexibility index (Phi) is 4.70. The third-order valence-corrected chi connectivity index (χ3v) is 5.81. The van der Waals surface area contributed by atoms with Crippen LogP contribution in [0.5, 0.6) is 0 Å². The highest BCUT2D eigenvalue weighted by Crippen LogP contribution is 2.39. The zero-order chi connectivity index (χ0) is 19.0. The van der Waals surface area contributed by atoms with E-state index in [2.05, 4.69) is 24.2 Å². The third-order valence-electron chi connectivity index (χ3n) is 5.81. The van der Waals surface area contributed by atoms with Crippen LogP contribution in [0.3, 0.4) is 0 Å². The molecule has 0 saturated carbocycles. The largest absolute Gasteiger partial charge is 0.320 e. The molecule has 2 aromatic carbocycles. The van der Waals surface area contributed by atoms with Gasteiger partial charge >= 0.3 is 0 Å². The summed E-state index contributed by atoms with van der Waals surface area (Å²) in [6, 6.07) is 15.3. The van der Waals surface area contributed by atoms with E-state index in [9.17, 15) is 9.59 Å². The molecule has 5 heteroatoms. The lowest BCUT2D eigenvalue weighted by Crippen LogP contribution is -2.39. The summed E-state index contributed by atoms with van der Waals surface area (Å²) in [5.41, 5.74) is 2.59. The summed E-state index contributed by atoms with van der Waals surface area (Å²) in [4.78, 5) is 30.1. The molecule has 2 amide bonds. The highest BCUT2D eigenvalue weighted by molar-refractivity contribution is 6.17. The van der Waals surface area contributed by atoms with Gasteiger partial charge in [0.1, 0.15) is 0 Å². The van der Waals surface area contributed by atoms with Crippen LogP contribution in [-0.4, -0.2) is 36.3 Å². The predicted molar refractivity (Wildman–Crippen MR) is 107 cm³/mol. The minimum Gasteiger partial charge on any atom is -0.320 e. The Balaban J connectivity index is 1.70. The van der Waals surface area contributed by atoms with E-state index in [1.807, 2.05) is 42.5 Å². The van der Waals surface area contributed by atoms with E-state index in [0.717, 1.165) is 25.1 Å². The first-order valence-corrected chi connectivity index (χ1v) is 9.57. The molecule has 2 aliphatic heterocycles. The van der Waals surface area contributed by atoms with Crippen LogP contribution in [0.2, 0.25) is 0 Å². The molecule has 4 rings (SSSR count). The average Bonchev–Trinajstić information content (AvgIpc) is 2.79. The number of likely N-dealkylation sites (tertiary alicyclic amines) is 1. The van der Waals surface area contributed by atoms with Crippen molar-refractivity contribution >= 4 is 28.9 Å². The van der Waals surface area contributed by atoms with Crippen molar-refractivity contribution in [3.05, 3.63) is 54.1 Å². The van der Waals surface area contributed by atoms with Crippen LogP contribution < -0.4 is 10.2 Å². The molecule has 0 spiro atoms. The fraction of sp³-hybridized carbons (Fsp3) is 0.364. The van der Waals surface area contributed by atoms with E-state index >= 15 is 0 Å². The van der Waals surface area contributed by atoms with Crippen molar-refractivity contribution < 1.29 is 9.59 Å². The number of hydrogen-bond acceptors (Lipinski definition) is 3. The molecule has 0 aliphatic carbocycles.